The first-order chi connectivity index (χ1) is 27.4. The number of carbonyl (C=O) groups is 4. The molecule has 1 saturated carbocycles. The van der Waals surface area contributed by atoms with Crippen molar-refractivity contribution in [3.63, 3.8) is 0 Å². The van der Waals surface area contributed by atoms with Gasteiger partial charge in [0.1, 0.15) is 17.9 Å². The van der Waals surface area contributed by atoms with Gasteiger partial charge in [0.05, 0.1) is 30.5 Å². The number of ether oxygens (including phenoxy) is 3. The van der Waals surface area contributed by atoms with Crippen LogP contribution in [-0.2, 0) is 33.4 Å². The molecule has 0 aromatic heterocycles. The lowest BCUT2D eigenvalue weighted by atomic mass is 9.79. The van der Waals surface area contributed by atoms with Crippen LogP contribution in [0.4, 0.5) is 0 Å². The monoisotopic (exact) mass is 814 g/mol. The lowest BCUT2D eigenvalue weighted by Gasteiger charge is -2.42. The number of cyclic esters (lactones) is 1. The van der Waals surface area contributed by atoms with E-state index in [1.165, 1.54) is 4.90 Å². The Morgan fingerprint density at radius 2 is 1.64 bits per heavy atom. The van der Waals surface area contributed by atoms with Crippen molar-refractivity contribution in [2.75, 3.05) is 13.7 Å². The molecule has 0 aromatic carbocycles. The maximum Gasteiger partial charge on any atom is 0.329 e. The summed E-state index contributed by atoms with van der Waals surface area (Å²) in [7, 11) is 1.59. The van der Waals surface area contributed by atoms with Gasteiger partial charge in [0.2, 0.25) is 5.79 Å². The second-order valence-electron chi connectivity index (χ2n) is 17.9. The average Bonchev–Trinajstić information content (AvgIpc) is 3.19. The van der Waals surface area contributed by atoms with Gasteiger partial charge >= 0.3 is 5.97 Å². The van der Waals surface area contributed by atoms with Crippen LogP contribution in [0.15, 0.2) is 47.6 Å². The van der Waals surface area contributed by atoms with Gasteiger partial charge in [-0.3, -0.25) is 14.4 Å². The molecule has 4 rings (SSSR count). The van der Waals surface area contributed by atoms with Crippen LogP contribution in [0.3, 0.4) is 0 Å². The third-order valence-electron chi connectivity index (χ3n) is 13.1. The van der Waals surface area contributed by atoms with Crippen molar-refractivity contribution in [3.05, 3.63) is 47.6 Å². The molecule has 12 nitrogen and oxygen atoms in total. The van der Waals surface area contributed by atoms with E-state index in [0.29, 0.717) is 69.8 Å². The minimum atomic E-state index is -2.38. The number of amides is 1. The van der Waals surface area contributed by atoms with E-state index in [1.54, 1.807) is 27.0 Å². The number of Topliss-reactive ketones (excluding diaryl/α,β-unsaturated/α-hetero) is 2. The van der Waals surface area contributed by atoms with Crippen molar-refractivity contribution in [1.29, 1.82) is 0 Å². The molecule has 13 atom stereocenters. The van der Waals surface area contributed by atoms with E-state index in [1.807, 2.05) is 58.1 Å². The Morgan fingerprint density at radius 1 is 0.897 bits per heavy atom. The van der Waals surface area contributed by atoms with E-state index in [9.17, 15) is 39.6 Å². The van der Waals surface area contributed by atoms with Crippen molar-refractivity contribution in [3.8, 4) is 0 Å². The highest BCUT2D eigenvalue weighted by atomic mass is 16.6. The van der Waals surface area contributed by atoms with Gasteiger partial charge in [-0.25, -0.2) is 4.79 Å². The highest BCUT2D eigenvalue weighted by Gasteiger charge is 2.53. The van der Waals surface area contributed by atoms with Gasteiger partial charge in [-0.15, -0.1) is 0 Å². The molecule has 2 saturated heterocycles. The molecule has 3 fully saturated rings. The first-order valence-corrected chi connectivity index (χ1v) is 21.7. The van der Waals surface area contributed by atoms with Crippen molar-refractivity contribution < 1.29 is 53.8 Å². The summed E-state index contributed by atoms with van der Waals surface area (Å²) in [6, 6.07) is -1.06. The second kappa shape index (κ2) is 22.0. The van der Waals surface area contributed by atoms with Crippen molar-refractivity contribution in [2.24, 2.45) is 29.6 Å². The number of allylic oxidation sites excluding steroid dienone is 5. The number of carbonyl (C=O) groups excluding carboxylic acids is 4. The number of esters is 1. The molecule has 3 aliphatic heterocycles. The molecule has 1 aliphatic carbocycles. The molecule has 58 heavy (non-hydrogen) atoms. The summed E-state index contributed by atoms with van der Waals surface area (Å²) < 4.78 is 18.2. The molecule has 4 N–H and O–H groups in total. The zero-order valence-corrected chi connectivity index (χ0v) is 35.9. The number of aliphatic hydroxyl groups is 4. The van der Waals surface area contributed by atoms with Crippen LogP contribution in [0.2, 0.25) is 0 Å². The van der Waals surface area contributed by atoms with Gasteiger partial charge in [-0.2, -0.15) is 0 Å². The molecule has 2 bridgehead atoms. The first-order valence-electron chi connectivity index (χ1n) is 21.7. The third kappa shape index (κ3) is 12.8. The zero-order valence-electron chi connectivity index (χ0n) is 35.9. The van der Waals surface area contributed by atoms with Crippen molar-refractivity contribution >= 4 is 23.4 Å². The SMILES string of the molecule is CO[C@H]1C[C@@H]2CC[C@@H](C)[C@@](O)(O2)C(=O)C(=O)N2CCCC[C@H]2C(=O)OC([C@H](C)C[C@@H]2CC[C@@H](O)[C@H](O)C2)C/C=C(/C)[C@@H](O)CC(=O)[C@H](C)C[C@H](C)\C=C/C=C\C=C/1C. The predicted molar refractivity (Wildman–Crippen MR) is 220 cm³/mol. The second-order valence-corrected chi connectivity index (χ2v) is 17.9. The summed E-state index contributed by atoms with van der Waals surface area (Å²) >= 11 is 0. The van der Waals surface area contributed by atoms with Crippen LogP contribution in [0.5, 0.6) is 0 Å². The minimum Gasteiger partial charge on any atom is -0.460 e. The van der Waals surface area contributed by atoms with Crippen LogP contribution in [-0.4, -0.2) is 111 Å². The Balaban J connectivity index is 1.65. The van der Waals surface area contributed by atoms with Gasteiger partial charge in [-0.1, -0.05) is 64.2 Å². The Kier molecular flexibility index (Phi) is 18.1. The average molecular weight is 814 g/mol. The van der Waals surface area contributed by atoms with Crippen molar-refractivity contribution in [2.45, 2.75) is 173 Å². The summed E-state index contributed by atoms with van der Waals surface area (Å²) in [5.41, 5.74) is 1.48. The van der Waals surface area contributed by atoms with Crippen LogP contribution >= 0.6 is 0 Å². The fraction of sp³-hybridized carbons (Fsp3) is 0.739. The molecule has 12 heteroatoms. The van der Waals surface area contributed by atoms with E-state index < -0.39 is 65.9 Å². The standard InChI is InChI=1S/C46H71NO11/c1-28-13-9-8-10-14-30(3)42(56-7)26-35-19-17-33(6)46(55,58-35)43(52)44(53)47-22-12-11-15-36(47)45(54)57-41(32(5)24-34-18-20-37(48)40(51)25-34)21-16-29(2)38(49)27-39(50)31(4)23-28/h8-10,13-14,16,28,31-38,40-42,48-49,51,55H,11-12,15,17-27H2,1-7H3/b10-8-,13-9-,29-16-,30-14-/t28-,31-,32-,33-,34+,35+,36+,37-,38+,40-,41?,42+,46-/m1/s1. The molecular weight excluding hydrogens is 743 g/mol. The summed E-state index contributed by atoms with van der Waals surface area (Å²) in [6.45, 7) is 11.4. The Morgan fingerprint density at radius 3 is 2.34 bits per heavy atom. The Bertz CT molecular complexity index is 1540. The molecule has 0 radical (unpaired) electrons. The van der Waals surface area contributed by atoms with Gasteiger partial charge < -0.3 is 39.5 Å². The Hall–Kier alpha value is -3.00. The van der Waals surface area contributed by atoms with E-state index in [2.05, 4.69) is 0 Å². The highest BCUT2D eigenvalue weighted by molar-refractivity contribution is 6.39. The lowest BCUT2D eigenvalue weighted by molar-refractivity contribution is -0.265. The molecule has 1 unspecified atom stereocenters. The van der Waals surface area contributed by atoms with Crippen LogP contribution in [0, 0.1) is 29.6 Å². The number of fused-ring (bicyclic) bond motifs is 3. The van der Waals surface area contributed by atoms with Gasteiger partial charge in [0.15, 0.2) is 0 Å². The van der Waals surface area contributed by atoms with Crippen LogP contribution < -0.4 is 0 Å². The predicted octanol–water partition coefficient (Wildman–Crippen LogP) is 5.70. The molecule has 0 spiro atoms. The summed E-state index contributed by atoms with van der Waals surface area (Å²) in [5, 5.41) is 43.5. The maximum absolute atomic E-state index is 14.2. The number of ketones is 2. The molecule has 0 aromatic rings. The topological polar surface area (TPSA) is 180 Å². The Labute approximate surface area is 345 Å². The minimum absolute atomic E-state index is 0.0453. The van der Waals surface area contributed by atoms with E-state index in [0.717, 1.165) is 5.57 Å². The van der Waals surface area contributed by atoms with Gasteiger partial charge in [-0.05, 0) is 107 Å². The number of aliphatic hydroxyl groups excluding tert-OH is 3. The first kappa shape index (κ1) is 47.7. The number of rotatable bonds is 4. The largest absolute Gasteiger partial charge is 0.460 e. The van der Waals surface area contributed by atoms with Gasteiger partial charge in [0, 0.05) is 44.8 Å². The summed E-state index contributed by atoms with van der Waals surface area (Å²) in [5.74, 6) is -6.14. The van der Waals surface area contributed by atoms with E-state index >= 15 is 0 Å². The van der Waals surface area contributed by atoms with E-state index in [4.69, 9.17) is 14.2 Å². The maximum atomic E-state index is 14.2. The van der Waals surface area contributed by atoms with Gasteiger partial charge in [0.25, 0.3) is 11.7 Å². The highest BCUT2D eigenvalue weighted by Crippen LogP contribution is 2.37. The number of piperidine rings is 1. The number of hydrogen-bond acceptors (Lipinski definition) is 11. The number of nitrogens with zero attached hydrogens (tertiary/aromatic N) is 1. The molecule has 4 aliphatic rings. The smallest absolute Gasteiger partial charge is 0.329 e. The molecular formula is C46H71NO11. The fourth-order valence-electron chi connectivity index (χ4n) is 9.04. The lowest BCUT2D eigenvalue weighted by Crippen LogP contribution is -2.61. The molecule has 1 amide bonds. The zero-order chi connectivity index (χ0) is 42.7. The van der Waals surface area contributed by atoms with Crippen LogP contribution in [0.1, 0.15) is 125 Å². The summed E-state index contributed by atoms with van der Waals surface area (Å²) in [6.07, 6.45) is 13.1. The molecule has 326 valence electrons. The van der Waals surface area contributed by atoms with Crippen LogP contribution in [0.25, 0.3) is 0 Å². The molecule has 3 heterocycles. The number of hydrogen-bond donors (Lipinski definition) is 4. The normalized spacial score (nSPS) is 40.8. The number of methoxy groups -OCH3 is 1. The van der Waals surface area contributed by atoms with Crippen molar-refractivity contribution in [1.82, 2.24) is 4.90 Å². The fourth-order valence-corrected chi connectivity index (χ4v) is 9.04. The third-order valence-corrected chi connectivity index (χ3v) is 13.1. The quantitative estimate of drug-likeness (QED) is 0.156. The summed E-state index contributed by atoms with van der Waals surface area (Å²) in [4.78, 5) is 56.8. The van der Waals surface area contributed by atoms with E-state index in [-0.39, 0.29) is 61.4 Å².